The predicted octanol–water partition coefficient (Wildman–Crippen LogP) is 3.75. The summed E-state index contributed by atoms with van der Waals surface area (Å²) in [5.74, 6) is -1.45. The van der Waals surface area contributed by atoms with Crippen LogP contribution in [0, 0.1) is 0 Å². The van der Waals surface area contributed by atoms with Gasteiger partial charge in [-0.05, 0) is 36.4 Å². The van der Waals surface area contributed by atoms with Crippen molar-refractivity contribution in [1.29, 1.82) is 0 Å². The van der Waals surface area contributed by atoms with E-state index in [0.29, 0.717) is 11.4 Å². The molecular weight excluding hydrogens is 367 g/mol. The minimum absolute atomic E-state index is 0.0723. The van der Waals surface area contributed by atoms with Crippen molar-refractivity contribution in [2.75, 3.05) is 17.2 Å². The molecule has 2 aromatic rings. The van der Waals surface area contributed by atoms with Crippen molar-refractivity contribution in [3.63, 3.8) is 0 Å². The molecule has 130 valence electrons. The molecule has 2 N–H and O–H groups in total. The highest BCUT2D eigenvalue weighted by atomic mass is 35.5. The van der Waals surface area contributed by atoms with Crippen LogP contribution in [0.2, 0.25) is 10.0 Å². The van der Waals surface area contributed by atoms with Gasteiger partial charge in [0.2, 0.25) is 5.91 Å². The molecule has 6 nitrogen and oxygen atoms in total. The summed E-state index contributed by atoms with van der Waals surface area (Å²) in [6, 6.07) is 11.0. The number of hydrogen-bond acceptors (Lipinski definition) is 4. The third-order valence-electron chi connectivity index (χ3n) is 2.99. The van der Waals surface area contributed by atoms with E-state index in [1.807, 2.05) is 0 Å². The number of esters is 1. The maximum Gasteiger partial charge on any atom is 0.340 e. The number of nitrogens with one attached hydrogen (secondary N) is 2. The Morgan fingerprint density at radius 1 is 0.960 bits per heavy atom. The summed E-state index contributed by atoms with van der Waals surface area (Å²) >= 11 is 11.7. The van der Waals surface area contributed by atoms with Crippen molar-refractivity contribution in [1.82, 2.24) is 0 Å². The highest BCUT2D eigenvalue weighted by Gasteiger charge is 2.15. The van der Waals surface area contributed by atoms with Gasteiger partial charge in [-0.25, -0.2) is 4.79 Å². The fourth-order valence-corrected chi connectivity index (χ4v) is 2.29. The number of ether oxygens (including phenoxy) is 1. The molecule has 0 aliphatic carbocycles. The second kappa shape index (κ2) is 8.50. The largest absolute Gasteiger partial charge is 0.452 e. The van der Waals surface area contributed by atoms with Crippen molar-refractivity contribution in [2.24, 2.45) is 0 Å². The third-order valence-corrected chi connectivity index (χ3v) is 3.81. The summed E-state index contributed by atoms with van der Waals surface area (Å²) < 4.78 is 4.92. The van der Waals surface area contributed by atoms with Gasteiger partial charge < -0.3 is 15.4 Å². The zero-order valence-electron chi connectivity index (χ0n) is 13.1. The molecule has 2 rings (SSSR count). The van der Waals surface area contributed by atoms with Crippen LogP contribution in [0.1, 0.15) is 17.3 Å². The molecule has 2 aromatic carbocycles. The minimum Gasteiger partial charge on any atom is -0.452 e. The van der Waals surface area contributed by atoms with Gasteiger partial charge in [0.1, 0.15) is 0 Å². The smallest absolute Gasteiger partial charge is 0.340 e. The minimum atomic E-state index is -0.747. The summed E-state index contributed by atoms with van der Waals surface area (Å²) in [6.07, 6.45) is 0. The van der Waals surface area contributed by atoms with Gasteiger partial charge in [-0.3, -0.25) is 9.59 Å². The number of anilines is 2. The van der Waals surface area contributed by atoms with Crippen molar-refractivity contribution in [3.05, 3.63) is 58.1 Å². The number of rotatable bonds is 5. The third kappa shape index (κ3) is 5.48. The van der Waals surface area contributed by atoms with Crippen molar-refractivity contribution >= 4 is 52.4 Å². The molecule has 0 aliphatic rings. The average Bonchev–Trinajstić information content (AvgIpc) is 2.56. The van der Waals surface area contributed by atoms with Crippen LogP contribution in [0.3, 0.4) is 0 Å². The number of amides is 2. The molecule has 0 saturated carbocycles. The predicted molar refractivity (Wildman–Crippen MR) is 96.1 cm³/mol. The monoisotopic (exact) mass is 380 g/mol. The molecule has 0 atom stereocenters. The zero-order chi connectivity index (χ0) is 18.4. The highest BCUT2D eigenvalue weighted by molar-refractivity contribution is 6.43. The first-order chi connectivity index (χ1) is 11.9. The molecular formula is C17H14Cl2N2O4. The summed E-state index contributed by atoms with van der Waals surface area (Å²) in [4.78, 5) is 34.7. The Morgan fingerprint density at radius 3 is 2.16 bits per heavy atom. The van der Waals surface area contributed by atoms with E-state index in [9.17, 15) is 14.4 Å². The van der Waals surface area contributed by atoms with Crippen LogP contribution in [0.5, 0.6) is 0 Å². The Hall–Kier alpha value is -2.57. The normalized spacial score (nSPS) is 10.0. The van der Waals surface area contributed by atoms with Gasteiger partial charge in [-0.2, -0.15) is 0 Å². The summed E-state index contributed by atoms with van der Waals surface area (Å²) in [5.41, 5.74) is 1.19. The molecule has 8 heteroatoms. The lowest BCUT2D eigenvalue weighted by Gasteiger charge is -2.09. The maximum absolute atomic E-state index is 11.9. The van der Waals surface area contributed by atoms with Crippen LogP contribution in [-0.2, 0) is 14.3 Å². The van der Waals surface area contributed by atoms with Gasteiger partial charge >= 0.3 is 5.97 Å². The summed E-state index contributed by atoms with van der Waals surface area (Å²) in [6.45, 7) is 0.922. The van der Waals surface area contributed by atoms with E-state index in [-0.39, 0.29) is 21.5 Å². The van der Waals surface area contributed by atoms with E-state index in [1.165, 1.54) is 19.1 Å². The van der Waals surface area contributed by atoms with Crippen molar-refractivity contribution in [3.8, 4) is 0 Å². The molecule has 25 heavy (non-hydrogen) atoms. The Labute approximate surface area is 154 Å². The highest BCUT2D eigenvalue weighted by Crippen LogP contribution is 2.26. The Kier molecular flexibility index (Phi) is 6.38. The molecule has 0 aromatic heterocycles. The maximum atomic E-state index is 11.9. The van der Waals surface area contributed by atoms with Crippen molar-refractivity contribution in [2.45, 2.75) is 6.92 Å². The number of carbonyl (C=O) groups excluding carboxylic acids is 3. The molecule has 2 amide bonds. The second-order valence-electron chi connectivity index (χ2n) is 4.98. The lowest BCUT2D eigenvalue weighted by atomic mass is 10.2. The number of benzene rings is 2. The van der Waals surface area contributed by atoms with Crippen LogP contribution in [0.4, 0.5) is 11.4 Å². The van der Waals surface area contributed by atoms with Gasteiger partial charge in [0.15, 0.2) is 6.61 Å². The Morgan fingerprint density at radius 2 is 1.56 bits per heavy atom. The van der Waals surface area contributed by atoms with Gasteiger partial charge in [0.05, 0.1) is 15.6 Å². The molecule has 0 bridgehead atoms. The zero-order valence-corrected chi connectivity index (χ0v) is 14.6. The van der Waals surface area contributed by atoms with Crippen LogP contribution in [-0.4, -0.2) is 24.4 Å². The van der Waals surface area contributed by atoms with Crippen LogP contribution < -0.4 is 10.6 Å². The first-order valence-electron chi connectivity index (χ1n) is 7.15. The van der Waals surface area contributed by atoms with Gasteiger partial charge in [0, 0.05) is 18.3 Å². The molecule has 0 aliphatic heterocycles. The first-order valence-corrected chi connectivity index (χ1v) is 7.91. The average molecular weight is 381 g/mol. The summed E-state index contributed by atoms with van der Waals surface area (Å²) in [5, 5.41) is 5.47. The number of carbonyl (C=O) groups is 3. The standard InChI is InChI=1S/C17H14Cl2N2O4/c1-10(22)20-11-5-7-12(8-6-11)21-15(23)9-25-17(24)13-3-2-4-14(18)16(13)19/h2-8H,9H2,1H3,(H,20,22)(H,21,23). The Balaban J connectivity index is 1.89. The molecule has 0 fully saturated rings. The fraction of sp³-hybridized carbons (Fsp3) is 0.118. The first kappa shape index (κ1) is 18.8. The Bertz CT molecular complexity index is 807. The molecule has 0 heterocycles. The van der Waals surface area contributed by atoms with E-state index in [2.05, 4.69) is 10.6 Å². The lowest BCUT2D eigenvalue weighted by molar-refractivity contribution is -0.119. The molecule has 0 spiro atoms. The molecule has 0 radical (unpaired) electrons. The van der Waals surface area contributed by atoms with E-state index < -0.39 is 18.5 Å². The number of halogens is 2. The van der Waals surface area contributed by atoms with E-state index in [0.717, 1.165) is 0 Å². The molecule has 0 unspecified atom stereocenters. The summed E-state index contributed by atoms with van der Waals surface area (Å²) in [7, 11) is 0. The van der Waals surface area contributed by atoms with Crippen LogP contribution in [0.15, 0.2) is 42.5 Å². The van der Waals surface area contributed by atoms with Crippen LogP contribution >= 0.6 is 23.2 Å². The second-order valence-corrected chi connectivity index (χ2v) is 5.77. The van der Waals surface area contributed by atoms with Crippen molar-refractivity contribution < 1.29 is 19.1 Å². The topological polar surface area (TPSA) is 84.5 Å². The lowest BCUT2D eigenvalue weighted by Crippen LogP contribution is -2.21. The molecule has 0 saturated heterocycles. The van der Waals surface area contributed by atoms with E-state index in [1.54, 1.807) is 30.3 Å². The van der Waals surface area contributed by atoms with E-state index in [4.69, 9.17) is 27.9 Å². The number of hydrogen-bond donors (Lipinski definition) is 2. The van der Waals surface area contributed by atoms with Crippen LogP contribution in [0.25, 0.3) is 0 Å². The van der Waals surface area contributed by atoms with E-state index >= 15 is 0 Å². The SMILES string of the molecule is CC(=O)Nc1ccc(NC(=O)COC(=O)c2cccc(Cl)c2Cl)cc1. The van der Waals surface area contributed by atoms with Gasteiger partial charge in [-0.15, -0.1) is 0 Å². The van der Waals surface area contributed by atoms with Gasteiger partial charge in [-0.1, -0.05) is 29.3 Å². The van der Waals surface area contributed by atoms with Gasteiger partial charge in [0.25, 0.3) is 5.91 Å². The fourth-order valence-electron chi connectivity index (χ4n) is 1.91. The quantitative estimate of drug-likeness (QED) is 0.773.